The van der Waals surface area contributed by atoms with E-state index in [0.29, 0.717) is 13.1 Å². The molecule has 0 radical (unpaired) electrons. The van der Waals surface area contributed by atoms with Crippen LogP contribution in [-0.2, 0) is 10.0 Å². The number of hydrogen-bond acceptors (Lipinski definition) is 2. The van der Waals surface area contributed by atoms with E-state index in [9.17, 15) is 8.42 Å². The zero-order valence-electron chi connectivity index (χ0n) is 14.2. The summed E-state index contributed by atoms with van der Waals surface area (Å²) < 4.78 is 26.6. The highest BCUT2D eigenvalue weighted by Gasteiger charge is 2.20. The summed E-state index contributed by atoms with van der Waals surface area (Å²) in [7, 11) is -3.38. The van der Waals surface area contributed by atoms with Gasteiger partial charge in [0.25, 0.3) is 0 Å². The number of allylic oxidation sites excluding steroid dienone is 4. The molecule has 1 heterocycles. The second kappa shape index (κ2) is 8.81. The summed E-state index contributed by atoms with van der Waals surface area (Å²) in [5.41, 5.74) is 3.41. The third-order valence-corrected chi connectivity index (χ3v) is 5.72. The van der Waals surface area contributed by atoms with Gasteiger partial charge in [0.2, 0.25) is 10.0 Å². The first-order valence-electron chi connectivity index (χ1n) is 8.31. The van der Waals surface area contributed by atoms with Gasteiger partial charge in [0, 0.05) is 18.5 Å². The Morgan fingerprint density at radius 1 is 1.25 bits per heavy atom. The molecule has 0 N–H and O–H groups in total. The molecule has 1 aliphatic rings. The van der Waals surface area contributed by atoms with Crippen LogP contribution in [0.3, 0.4) is 0 Å². The minimum atomic E-state index is -3.38. The highest BCUT2D eigenvalue weighted by atomic mass is 32.2. The molecule has 128 valence electrons. The molecule has 0 aliphatic carbocycles. The molecule has 4 heteroatoms. The van der Waals surface area contributed by atoms with Crippen molar-refractivity contribution in [2.75, 3.05) is 13.1 Å². The van der Waals surface area contributed by atoms with Crippen molar-refractivity contribution < 1.29 is 8.42 Å². The molecular formula is C20H25NO2S. The lowest BCUT2D eigenvalue weighted by Crippen LogP contribution is -2.30. The molecule has 24 heavy (non-hydrogen) atoms. The number of sulfonamides is 1. The Labute approximate surface area is 145 Å². The maximum atomic E-state index is 12.5. The molecule has 1 aromatic rings. The Balaban J connectivity index is 2.05. The van der Waals surface area contributed by atoms with Crippen molar-refractivity contribution in [2.45, 2.75) is 26.2 Å². The molecule has 0 aromatic heterocycles. The smallest absolute Gasteiger partial charge is 0.208 e. The second-order valence-electron chi connectivity index (χ2n) is 5.71. The number of nitrogens with zero attached hydrogens (tertiary/aromatic N) is 1. The van der Waals surface area contributed by atoms with Crippen LogP contribution in [0, 0.1) is 0 Å². The molecule has 1 aliphatic heterocycles. The largest absolute Gasteiger partial charge is 0.236 e. The van der Waals surface area contributed by atoms with Crippen molar-refractivity contribution in [3.63, 3.8) is 0 Å². The van der Waals surface area contributed by atoms with Gasteiger partial charge in [-0.15, -0.1) is 0 Å². The van der Waals surface area contributed by atoms with Crippen LogP contribution in [0.1, 0.15) is 31.7 Å². The zero-order chi connectivity index (χ0) is 17.4. The lowest BCUT2D eigenvalue weighted by molar-refractivity contribution is 0.436. The topological polar surface area (TPSA) is 37.4 Å². The summed E-state index contributed by atoms with van der Waals surface area (Å²) in [4.78, 5) is 0. The van der Waals surface area contributed by atoms with E-state index >= 15 is 0 Å². The average Bonchev–Trinajstić information content (AvgIpc) is 2.86. The van der Waals surface area contributed by atoms with Crippen molar-refractivity contribution in [3.05, 3.63) is 77.8 Å². The van der Waals surface area contributed by atoms with Gasteiger partial charge in [-0.05, 0) is 42.0 Å². The van der Waals surface area contributed by atoms with E-state index in [1.807, 2.05) is 25.1 Å². The van der Waals surface area contributed by atoms with Crippen LogP contribution in [-0.4, -0.2) is 25.8 Å². The van der Waals surface area contributed by atoms with Crippen LogP contribution in [0.15, 0.2) is 72.2 Å². The van der Waals surface area contributed by atoms with Gasteiger partial charge in [0.05, 0.1) is 0 Å². The molecule has 1 aromatic carbocycles. The average molecular weight is 343 g/mol. The quantitative estimate of drug-likeness (QED) is 0.712. The summed E-state index contributed by atoms with van der Waals surface area (Å²) in [6, 6.07) is 10.2. The van der Waals surface area contributed by atoms with E-state index in [-0.39, 0.29) is 0 Å². The van der Waals surface area contributed by atoms with Crippen LogP contribution in [0.4, 0.5) is 0 Å². The van der Waals surface area contributed by atoms with E-state index in [1.54, 1.807) is 22.5 Å². The molecule has 0 fully saturated rings. The predicted octanol–water partition coefficient (Wildman–Crippen LogP) is 4.53. The minimum Gasteiger partial charge on any atom is -0.208 e. The van der Waals surface area contributed by atoms with Gasteiger partial charge in [0.1, 0.15) is 0 Å². The van der Waals surface area contributed by atoms with Crippen molar-refractivity contribution in [1.82, 2.24) is 4.31 Å². The Morgan fingerprint density at radius 3 is 2.67 bits per heavy atom. The summed E-state index contributed by atoms with van der Waals surface area (Å²) in [5.74, 6) is 0. The minimum absolute atomic E-state index is 0.513. The van der Waals surface area contributed by atoms with Crippen LogP contribution >= 0.6 is 0 Å². The Kier molecular flexibility index (Phi) is 6.76. The van der Waals surface area contributed by atoms with Gasteiger partial charge < -0.3 is 0 Å². The van der Waals surface area contributed by atoms with Crippen LogP contribution < -0.4 is 0 Å². The number of hydrogen-bond donors (Lipinski definition) is 0. The number of benzene rings is 1. The second-order valence-corrected chi connectivity index (χ2v) is 7.52. The lowest BCUT2D eigenvalue weighted by Gasteiger charge is -2.17. The van der Waals surface area contributed by atoms with Crippen LogP contribution in [0.5, 0.6) is 0 Å². The first-order valence-corrected chi connectivity index (χ1v) is 9.81. The third kappa shape index (κ3) is 5.05. The fourth-order valence-corrected chi connectivity index (χ4v) is 3.84. The molecule has 2 rings (SSSR count). The van der Waals surface area contributed by atoms with Gasteiger partial charge >= 0.3 is 0 Å². The van der Waals surface area contributed by atoms with E-state index in [0.717, 1.165) is 24.8 Å². The lowest BCUT2D eigenvalue weighted by atomic mass is 10.0. The zero-order valence-corrected chi connectivity index (χ0v) is 15.0. The maximum Gasteiger partial charge on any atom is 0.236 e. The fourth-order valence-electron chi connectivity index (χ4n) is 2.69. The van der Waals surface area contributed by atoms with E-state index in [4.69, 9.17) is 0 Å². The predicted molar refractivity (Wildman–Crippen MR) is 102 cm³/mol. The van der Waals surface area contributed by atoms with Gasteiger partial charge in [-0.2, -0.15) is 4.31 Å². The standard InChI is InChI=1S/C20H25NO2S/c1-3-18(4-2)10-9-17-24(22,23)21-15-8-13-20(14-16-21)19-11-6-5-7-12-19/h3,5-7,9-13,17H,1,4,8,14-16H2,2H3/b17-9+,18-10+. The molecule has 0 bridgehead atoms. The van der Waals surface area contributed by atoms with Crippen molar-refractivity contribution in [1.29, 1.82) is 0 Å². The summed E-state index contributed by atoms with van der Waals surface area (Å²) >= 11 is 0. The normalized spacial score (nSPS) is 17.5. The molecule has 0 spiro atoms. The fraction of sp³-hybridized carbons (Fsp3) is 0.300. The van der Waals surface area contributed by atoms with E-state index in [2.05, 4.69) is 24.8 Å². The summed E-state index contributed by atoms with van der Waals surface area (Å²) in [6.45, 7) is 6.77. The van der Waals surface area contributed by atoms with Gasteiger partial charge in [-0.3, -0.25) is 0 Å². The van der Waals surface area contributed by atoms with Crippen molar-refractivity contribution in [3.8, 4) is 0 Å². The van der Waals surface area contributed by atoms with Gasteiger partial charge in [-0.25, -0.2) is 8.42 Å². The Hall–Kier alpha value is -1.91. The molecule has 0 unspecified atom stereocenters. The maximum absolute atomic E-state index is 12.5. The Bertz CT molecular complexity index is 743. The highest BCUT2D eigenvalue weighted by Crippen LogP contribution is 2.23. The van der Waals surface area contributed by atoms with Crippen molar-refractivity contribution >= 4 is 15.6 Å². The first kappa shape index (κ1) is 18.4. The third-order valence-electron chi connectivity index (χ3n) is 4.14. The monoisotopic (exact) mass is 343 g/mol. The molecule has 0 atom stereocenters. The van der Waals surface area contributed by atoms with E-state index in [1.165, 1.54) is 16.5 Å². The molecule has 3 nitrogen and oxygen atoms in total. The first-order chi connectivity index (χ1) is 11.6. The van der Waals surface area contributed by atoms with E-state index < -0.39 is 10.0 Å². The van der Waals surface area contributed by atoms with Crippen LogP contribution in [0.2, 0.25) is 0 Å². The van der Waals surface area contributed by atoms with Gasteiger partial charge in [-0.1, -0.05) is 62.1 Å². The Morgan fingerprint density at radius 2 is 2.00 bits per heavy atom. The number of rotatable bonds is 6. The molecule has 0 saturated heterocycles. The summed E-state index contributed by atoms with van der Waals surface area (Å²) in [6.07, 6.45) is 9.62. The van der Waals surface area contributed by atoms with Gasteiger partial charge in [0.15, 0.2) is 0 Å². The van der Waals surface area contributed by atoms with Crippen LogP contribution in [0.25, 0.3) is 5.57 Å². The molecule has 0 saturated carbocycles. The SMILES string of the molecule is C=C/C(=C\C=C\S(=O)(=O)N1CCC=C(c2ccccc2)CC1)CC. The van der Waals surface area contributed by atoms with Crippen molar-refractivity contribution in [2.24, 2.45) is 0 Å². The molecule has 0 amide bonds. The highest BCUT2D eigenvalue weighted by molar-refractivity contribution is 7.92. The summed E-state index contributed by atoms with van der Waals surface area (Å²) in [5, 5.41) is 1.29. The molecular weight excluding hydrogens is 318 g/mol.